The summed E-state index contributed by atoms with van der Waals surface area (Å²) in [4.78, 5) is 37.6. The molecule has 1 heterocycles. The topological polar surface area (TPSA) is 90.0 Å². The predicted molar refractivity (Wildman–Crippen MR) is 73.3 cm³/mol. The van der Waals surface area contributed by atoms with E-state index in [1.165, 1.54) is 0 Å². The van der Waals surface area contributed by atoms with Crippen LogP contribution in [0.3, 0.4) is 0 Å². The van der Waals surface area contributed by atoms with Crippen LogP contribution in [-0.4, -0.2) is 65.0 Å². The molecule has 1 fully saturated rings. The van der Waals surface area contributed by atoms with Crippen LogP contribution in [0.1, 0.15) is 33.1 Å². The summed E-state index contributed by atoms with van der Waals surface area (Å²) < 4.78 is 0. The summed E-state index contributed by atoms with van der Waals surface area (Å²) in [5, 5.41) is 10.8. The van der Waals surface area contributed by atoms with Gasteiger partial charge in [0, 0.05) is 38.0 Å². The molecule has 0 aromatic rings. The van der Waals surface area contributed by atoms with Crippen molar-refractivity contribution in [2.75, 3.05) is 26.7 Å². The molecule has 0 aromatic carbocycles. The third-order valence-electron chi connectivity index (χ3n) is 3.64. The normalized spacial score (nSPS) is 18.6. The van der Waals surface area contributed by atoms with Crippen LogP contribution in [0.5, 0.6) is 0 Å². The van der Waals surface area contributed by atoms with Crippen molar-refractivity contribution in [3.63, 3.8) is 0 Å². The van der Waals surface area contributed by atoms with Gasteiger partial charge in [0.1, 0.15) is 0 Å². The molecule has 20 heavy (non-hydrogen) atoms. The summed E-state index contributed by atoms with van der Waals surface area (Å²) in [6.07, 6.45) is 0.223. The molecule has 3 amide bonds. The van der Waals surface area contributed by atoms with E-state index in [9.17, 15) is 14.4 Å². The Bertz CT molecular complexity index is 395. The van der Waals surface area contributed by atoms with Crippen LogP contribution in [0.15, 0.2) is 0 Å². The largest absolute Gasteiger partial charge is 0.481 e. The first-order valence-corrected chi connectivity index (χ1v) is 6.74. The van der Waals surface area contributed by atoms with Gasteiger partial charge in [-0.15, -0.1) is 0 Å². The Labute approximate surface area is 118 Å². The van der Waals surface area contributed by atoms with Gasteiger partial charge < -0.3 is 10.0 Å². The number of urea groups is 1. The number of imide groups is 1. The molecule has 1 saturated heterocycles. The average Bonchev–Trinajstić information content (AvgIpc) is 2.31. The second-order valence-corrected chi connectivity index (χ2v) is 5.76. The van der Waals surface area contributed by atoms with Gasteiger partial charge in [-0.25, -0.2) is 4.79 Å². The maximum Gasteiger partial charge on any atom is 0.324 e. The Kier molecular flexibility index (Phi) is 5.50. The summed E-state index contributed by atoms with van der Waals surface area (Å²) >= 11 is 0. The number of carboxylic acid groups (broad SMARTS) is 1. The number of hydrogen-bond donors (Lipinski definition) is 2. The van der Waals surface area contributed by atoms with Gasteiger partial charge in [0.05, 0.1) is 0 Å². The molecule has 2 N–H and O–H groups in total. The fraction of sp³-hybridized carbons (Fsp3) is 0.769. The van der Waals surface area contributed by atoms with Crippen molar-refractivity contribution in [1.29, 1.82) is 0 Å². The van der Waals surface area contributed by atoms with Crippen LogP contribution in [-0.2, 0) is 9.59 Å². The highest BCUT2D eigenvalue weighted by molar-refractivity contribution is 5.94. The molecule has 0 saturated carbocycles. The molecule has 1 rings (SSSR count). The van der Waals surface area contributed by atoms with E-state index in [1.807, 2.05) is 20.9 Å². The Morgan fingerprint density at radius 1 is 1.20 bits per heavy atom. The Morgan fingerprint density at radius 3 is 2.40 bits per heavy atom. The lowest BCUT2D eigenvalue weighted by Crippen LogP contribution is -2.60. The van der Waals surface area contributed by atoms with Gasteiger partial charge in [0.15, 0.2) is 0 Å². The summed E-state index contributed by atoms with van der Waals surface area (Å²) in [7, 11) is 2.01. The Balaban J connectivity index is 2.39. The van der Waals surface area contributed by atoms with Gasteiger partial charge in [-0.3, -0.25) is 19.8 Å². The highest BCUT2D eigenvalue weighted by Crippen LogP contribution is 2.18. The number of aliphatic carboxylic acids is 1. The summed E-state index contributed by atoms with van der Waals surface area (Å²) in [5.41, 5.74) is -0.123. The van der Waals surface area contributed by atoms with E-state index in [0.717, 1.165) is 6.54 Å². The lowest BCUT2D eigenvalue weighted by molar-refractivity contribution is -0.137. The molecule has 0 atom stereocenters. The van der Waals surface area contributed by atoms with Crippen LogP contribution < -0.4 is 5.32 Å². The maximum atomic E-state index is 12.0. The number of amides is 3. The first-order valence-electron chi connectivity index (χ1n) is 6.74. The zero-order valence-electron chi connectivity index (χ0n) is 12.3. The molecular formula is C13H23N3O4. The SMILES string of the molecule is CN1CCN(C(=O)NC(=O)CCCC(=O)O)CC1(C)C. The number of hydrogen-bond acceptors (Lipinski definition) is 4. The van der Waals surface area contributed by atoms with E-state index in [1.54, 1.807) is 4.90 Å². The number of carboxylic acids is 1. The zero-order valence-corrected chi connectivity index (χ0v) is 12.3. The molecule has 7 heteroatoms. The fourth-order valence-corrected chi connectivity index (χ4v) is 2.07. The highest BCUT2D eigenvalue weighted by Gasteiger charge is 2.33. The number of carbonyl (C=O) groups is 3. The van der Waals surface area contributed by atoms with Crippen LogP contribution in [0.2, 0.25) is 0 Å². The molecule has 7 nitrogen and oxygen atoms in total. The molecule has 0 aromatic heterocycles. The van der Waals surface area contributed by atoms with Crippen molar-refractivity contribution in [1.82, 2.24) is 15.1 Å². The predicted octanol–water partition coefficient (Wildman–Crippen LogP) is 0.503. The third-order valence-corrected chi connectivity index (χ3v) is 3.64. The van der Waals surface area contributed by atoms with E-state index in [4.69, 9.17) is 5.11 Å². The fourth-order valence-electron chi connectivity index (χ4n) is 2.07. The average molecular weight is 285 g/mol. The third kappa shape index (κ3) is 4.80. The Morgan fingerprint density at radius 2 is 1.85 bits per heavy atom. The van der Waals surface area contributed by atoms with Crippen molar-refractivity contribution < 1.29 is 19.5 Å². The molecule has 0 aliphatic carbocycles. The molecule has 114 valence electrons. The summed E-state index contributed by atoms with van der Waals surface area (Å²) in [6.45, 7) is 5.97. The van der Waals surface area contributed by atoms with Crippen LogP contribution in [0.25, 0.3) is 0 Å². The van der Waals surface area contributed by atoms with Gasteiger partial charge >= 0.3 is 12.0 Å². The maximum absolute atomic E-state index is 12.0. The van der Waals surface area contributed by atoms with E-state index >= 15 is 0 Å². The molecular weight excluding hydrogens is 262 g/mol. The standard InChI is InChI=1S/C13H23N3O4/c1-13(2)9-16(8-7-15(13)3)12(20)14-10(17)5-4-6-11(18)19/h4-9H2,1-3H3,(H,18,19)(H,14,17,20). The molecule has 0 bridgehead atoms. The van der Waals surface area contributed by atoms with Crippen molar-refractivity contribution >= 4 is 17.9 Å². The highest BCUT2D eigenvalue weighted by atomic mass is 16.4. The lowest BCUT2D eigenvalue weighted by atomic mass is 10.0. The number of rotatable bonds is 4. The van der Waals surface area contributed by atoms with Gasteiger partial charge in [0.2, 0.25) is 5.91 Å². The van der Waals surface area contributed by atoms with Crippen molar-refractivity contribution in [2.45, 2.75) is 38.6 Å². The number of piperazine rings is 1. The first-order chi connectivity index (χ1) is 9.22. The number of nitrogens with zero attached hydrogens (tertiary/aromatic N) is 2. The van der Waals surface area contributed by atoms with Crippen molar-refractivity contribution in [3.05, 3.63) is 0 Å². The minimum Gasteiger partial charge on any atom is -0.481 e. The first kappa shape index (κ1) is 16.4. The van der Waals surface area contributed by atoms with E-state index in [-0.39, 0.29) is 24.8 Å². The Hall–Kier alpha value is -1.63. The smallest absolute Gasteiger partial charge is 0.324 e. The lowest BCUT2D eigenvalue weighted by Gasteiger charge is -2.45. The monoisotopic (exact) mass is 285 g/mol. The van der Waals surface area contributed by atoms with Crippen molar-refractivity contribution in [3.8, 4) is 0 Å². The molecule has 0 radical (unpaired) electrons. The molecule has 0 spiro atoms. The van der Waals surface area contributed by atoms with Crippen LogP contribution >= 0.6 is 0 Å². The number of likely N-dealkylation sites (N-methyl/N-ethyl adjacent to an activating group) is 1. The quantitative estimate of drug-likeness (QED) is 0.785. The number of nitrogens with one attached hydrogen (secondary N) is 1. The minimum atomic E-state index is -0.940. The number of carbonyl (C=O) groups excluding carboxylic acids is 2. The van der Waals surface area contributed by atoms with Crippen LogP contribution in [0, 0.1) is 0 Å². The summed E-state index contributed by atoms with van der Waals surface area (Å²) in [6, 6.07) is -0.397. The van der Waals surface area contributed by atoms with Gasteiger partial charge in [0.25, 0.3) is 0 Å². The van der Waals surface area contributed by atoms with E-state index in [0.29, 0.717) is 13.1 Å². The van der Waals surface area contributed by atoms with Crippen LogP contribution in [0.4, 0.5) is 4.79 Å². The van der Waals surface area contributed by atoms with Gasteiger partial charge in [-0.05, 0) is 27.3 Å². The van der Waals surface area contributed by atoms with Gasteiger partial charge in [-0.2, -0.15) is 0 Å². The van der Waals surface area contributed by atoms with E-state index < -0.39 is 17.9 Å². The second kappa shape index (κ2) is 6.69. The zero-order chi connectivity index (χ0) is 15.3. The molecule has 1 aliphatic heterocycles. The summed E-state index contributed by atoms with van der Waals surface area (Å²) in [5.74, 6) is -1.36. The molecule has 1 aliphatic rings. The van der Waals surface area contributed by atoms with Crippen molar-refractivity contribution in [2.24, 2.45) is 0 Å². The molecule has 0 unspecified atom stereocenters. The van der Waals surface area contributed by atoms with E-state index in [2.05, 4.69) is 10.2 Å². The second-order valence-electron chi connectivity index (χ2n) is 5.76. The minimum absolute atomic E-state index is 0.0508. The van der Waals surface area contributed by atoms with Gasteiger partial charge in [-0.1, -0.05) is 0 Å².